The zero-order valence-electron chi connectivity index (χ0n) is 22.7. The first kappa shape index (κ1) is 27.7. The van der Waals surface area contributed by atoms with Gasteiger partial charge in [0, 0.05) is 22.9 Å². The Bertz CT molecular complexity index is 1800. The van der Waals surface area contributed by atoms with Crippen LogP contribution in [0.2, 0.25) is 0 Å². The number of nitrogens with zero attached hydrogens (tertiary/aromatic N) is 7. The smallest absolute Gasteiger partial charge is 0.406 e. The molecule has 0 amide bonds. The Morgan fingerprint density at radius 2 is 1.76 bits per heavy atom. The number of ether oxygens (including phenoxy) is 1. The Hall–Kier alpha value is -4.49. The number of rotatable bonds is 5. The van der Waals surface area contributed by atoms with Crippen LogP contribution in [0, 0.1) is 13.8 Å². The topological polar surface area (TPSA) is 102 Å². The lowest BCUT2D eigenvalue weighted by molar-refractivity contribution is -0.274. The summed E-state index contributed by atoms with van der Waals surface area (Å²) in [7, 11) is 0. The summed E-state index contributed by atoms with van der Waals surface area (Å²) < 4.78 is 42.7. The van der Waals surface area contributed by atoms with E-state index in [1.807, 2.05) is 55.1 Å². The third-order valence-corrected chi connectivity index (χ3v) is 7.88. The minimum atomic E-state index is -4.76. The molecule has 1 aliphatic heterocycles. The predicted molar refractivity (Wildman–Crippen MR) is 155 cm³/mol. The van der Waals surface area contributed by atoms with Gasteiger partial charge in [0.15, 0.2) is 16.7 Å². The van der Waals surface area contributed by atoms with Crippen LogP contribution in [-0.2, 0) is 0 Å². The number of hydrogen-bond acceptors (Lipinski definition) is 8. The summed E-state index contributed by atoms with van der Waals surface area (Å²) in [6, 6.07) is 16.8. The lowest BCUT2D eigenvalue weighted by Gasteiger charge is -2.33. The molecule has 3 aromatic carbocycles. The van der Waals surface area contributed by atoms with Crippen LogP contribution in [0.5, 0.6) is 5.75 Å². The van der Waals surface area contributed by atoms with Gasteiger partial charge in [-0.3, -0.25) is 4.90 Å². The van der Waals surface area contributed by atoms with E-state index in [9.17, 15) is 18.3 Å². The zero-order chi connectivity index (χ0) is 29.6. The van der Waals surface area contributed by atoms with Crippen molar-refractivity contribution in [1.82, 2.24) is 24.7 Å². The average molecular weight is 592 g/mol. The maximum absolute atomic E-state index is 12.4. The van der Waals surface area contributed by atoms with E-state index in [1.165, 1.54) is 47.0 Å². The van der Waals surface area contributed by atoms with Crippen LogP contribution in [0.1, 0.15) is 18.1 Å². The zero-order valence-corrected chi connectivity index (χ0v) is 23.5. The van der Waals surface area contributed by atoms with Crippen molar-refractivity contribution in [2.75, 3.05) is 10.7 Å². The molecule has 2 aromatic heterocycles. The number of hydrogen-bond donors (Lipinski definition) is 1. The molecule has 1 fully saturated rings. The number of aromatic nitrogens is 5. The van der Waals surface area contributed by atoms with Gasteiger partial charge in [0.1, 0.15) is 12.1 Å². The van der Waals surface area contributed by atoms with Crippen molar-refractivity contribution in [2.24, 2.45) is 4.99 Å². The average Bonchev–Trinajstić information content (AvgIpc) is 3.53. The number of aliphatic imine (C=N–C) groups is 1. The van der Waals surface area contributed by atoms with E-state index in [2.05, 4.69) is 24.8 Å². The Balaban J connectivity index is 1.26. The first-order chi connectivity index (χ1) is 20.0. The van der Waals surface area contributed by atoms with Crippen molar-refractivity contribution in [1.29, 1.82) is 0 Å². The van der Waals surface area contributed by atoms with Gasteiger partial charge in [-0.1, -0.05) is 30.0 Å². The second-order valence-electron chi connectivity index (χ2n) is 9.97. The van der Waals surface area contributed by atoms with E-state index in [0.29, 0.717) is 33.5 Å². The first-order valence-electron chi connectivity index (χ1n) is 12.8. The van der Waals surface area contributed by atoms with Crippen LogP contribution in [0.3, 0.4) is 0 Å². The molecule has 214 valence electrons. The summed E-state index contributed by atoms with van der Waals surface area (Å²) in [5.74, 6) is 0.819. The molecule has 0 radical (unpaired) electrons. The number of alkyl halides is 3. The van der Waals surface area contributed by atoms with E-state index in [-0.39, 0.29) is 11.7 Å². The standard InChI is InChI=1S/C29H24F3N7O2S/c1-17-5-4-6-18(2)24(17)39-27(42-15-28(39,3)40)36-26-33-14-20-13-19(7-12-23(20)35-26)25-34-16-38(37-25)21-8-10-22(11-9-21)41-29(30,31)32/h4-14,16,40H,15H2,1-3H3. The highest BCUT2D eigenvalue weighted by Gasteiger charge is 2.41. The Labute approximate surface area is 242 Å². The minimum absolute atomic E-state index is 0.270. The molecule has 0 spiro atoms. The molecule has 0 saturated carbocycles. The largest absolute Gasteiger partial charge is 0.573 e. The molecule has 13 heteroatoms. The molecular formula is C29H24F3N7O2S. The summed E-state index contributed by atoms with van der Waals surface area (Å²) in [6.45, 7) is 5.78. The molecular weight excluding hydrogens is 567 g/mol. The van der Waals surface area contributed by atoms with Gasteiger partial charge in [-0.25, -0.2) is 19.6 Å². The van der Waals surface area contributed by atoms with Crippen molar-refractivity contribution in [2.45, 2.75) is 32.9 Å². The van der Waals surface area contributed by atoms with Gasteiger partial charge in [0.05, 0.1) is 16.9 Å². The SMILES string of the molecule is Cc1cccc(C)c1N1C(=Nc2ncc3cc(-c4ncn(-c5ccc(OC(F)(F)F)cc5)n4)ccc3n2)SCC1(C)O. The van der Waals surface area contributed by atoms with E-state index < -0.39 is 12.1 Å². The summed E-state index contributed by atoms with van der Waals surface area (Å²) in [5.41, 5.74) is 3.75. The molecule has 9 nitrogen and oxygen atoms in total. The van der Waals surface area contributed by atoms with Gasteiger partial charge in [-0.2, -0.15) is 4.99 Å². The number of halogens is 3. The summed E-state index contributed by atoms with van der Waals surface area (Å²) in [5, 5.41) is 17.0. The summed E-state index contributed by atoms with van der Waals surface area (Å²) in [4.78, 5) is 20.0. The molecule has 1 aliphatic rings. The van der Waals surface area contributed by atoms with Gasteiger partial charge in [-0.05, 0) is 74.4 Å². The molecule has 0 bridgehead atoms. The fraction of sp³-hybridized carbons (Fsp3) is 0.207. The number of anilines is 1. The fourth-order valence-corrected chi connectivity index (χ4v) is 5.83. The van der Waals surface area contributed by atoms with Crippen molar-refractivity contribution in [3.05, 3.63) is 84.3 Å². The lowest BCUT2D eigenvalue weighted by Crippen LogP contribution is -2.45. The second kappa shape index (κ2) is 10.4. The molecule has 1 N–H and O–H groups in total. The maximum Gasteiger partial charge on any atom is 0.573 e. The number of aryl methyl sites for hydroxylation is 2. The van der Waals surface area contributed by atoms with Crippen molar-refractivity contribution in [3.8, 4) is 22.8 Å². The van der Waals surface area contributed by atoms with Gasteiger partial charge in [-0.15, -0.1) is 18.3 Å². The number of amidine groups is 1. The monoisotopic (exact) mass is 591 g/mol. The van der Waals surface area contributed by atoms with E-state index in [1.54, 1.807) is 13.1 Å². The molecule has 6 rings (SSSR count). The highest BCUT2D eigenvalue weighted by molar-refractivity contribution is 8.14. The quantitative estimate of drug-likeness (QED) is 0.253. The number of fused-ring (bicyclic) bond motifs is 1. The molecule has 5 aromatic rings. The fourth-order valence-electron chi connectivity index (χ4n) is 4.74. The third kappa shape index (κ3) is 5.52. The summed E-state index contributed by atoms with van der Waals surface area (Å²) in [6.07, 6.45) is -1.61. The van der Waals surface area contributed by atoms with E-state index >= 15 is 0 Å². The third-order valence-electron chi connectivity index (χ3n) is 6.66. The molecule has 1 atom stereocenters. The van der Waals surface area contributed by atoms with Crippen LogP contribution in [0.25, 0.3) is 28.0 Å². The highest BCUT2D eigenvalue weighted by Crippen LogP contribution is 2.40. The van der Waals surface area contributed by atoms with Gasteiger partial charge >= 0.3 is 6.36 Å². The Morgan fingerprint density at radius 1 is 1.02 bits per heavy atom. The van der Waals surface area contributed by atoms with Crippen LogP contribution in [0.4, 0.5) is 24.8 Å². The first-order valence-corrected chi connectivity index (χ1v) is 13.8. The van der Waals surface area contributed by atoms with Crippen LogP contribution < -0.4 is 9.64 Å². The Kier molecular flexibility index (Phi) is 6.86. The summed E-state index contributed by atoms with van der Waals surface area (Å²) >= 11 is 1.44. The Morgan fingerprint density at radius 3 is 2.48 bits per heavy atom. The lowest BCUT2D eigenvalue weighted by atomic mass is 10.1. The van der Waals surface area contributed by atoms with Crippen molar-refractivity contribution >= 4 is 39.5 Å². The van der Waals surface area contributed by atoms with E-state index in [0.717, 1.165) is 22.2 Å². The number of thioether (sulfide) groups is 1. The minimum Gasteiger partial charge on any atom is -0.406 e. The second-order valence-corrected chi connectivity index (χ2v) is 10.9. The van der Waals surface area contributed by atoms with E-state index in [4.69, 9.17) is 4.99 Å². The molecule has 42 heavy (non-hydrogen) atoms. The van der Waals surface area contributed by atoms with Crippen molar-refractivity contribution < 1.29 is 23.0 Å². The van der Waals surface area contributed by atoms with Crippen LogP contribution in [0.15, 0.2) is 78.2 Å². The number of aliphatic hydroxyl groups is 1. The molecule has 1 unspecified atom stereocenters. The van der Waals surface area contributed by atoms with Crippen molar-refractivity contribution in [3.63, 3.8) is 0 Å². The normalized spacial score (nSPS) is 18.3. The number of benzene rings is 3. The predicted octanol–water partition coefficient (Wildman–Crippen LogP) is 6.34. The van der Waals surface area contributed by atoms with Gasteiger partial charge in [0.2, 0.25) is 0 Å². The number of para-hydroxylation sites is 1. The van der Waals surface area contributed by atoms with Crippen LogP contribution in [-0.4, -0.2) is 52.8 Å². The van der Waals surface area contributed by atoms with Gasteiger partial charge in [0.25, 0.3) is 5.95 Å². The van der Waals surface area contributed by atoms with Gasteiger partial charge < -0.3 is 9.84 Å². The molecule has 3 heterocycles. The molecule has 1 saturated heterocycles. The molecule has 0 aliphatic carbocycles. The highest BCUT2D eigenvalue weighted by atomic mass is 32.2. The van der Waals surface area contributed by atoms with Crippen LogP contribution >= 0.6 is 11.8 Å². The maximum atomic E-state index is 12.4.